The van der Waals surface area contributed by atoms with E-state index in [2.05, 4.69) is 15.3 Å². The summed E-state index contributed by atoms with van der Waals surface area (Å²) < 4.78 is 18.5. The van der Waals surface area contributed by atoms with E-state index in [4.69, 9.17) is 4.42 Å². The largest absolute Gasteiger partial charge is 0.444 e. The minimum absolute atomic E-state index is 0.233. The number of hydrogen-bond donors (Lipinski definition) is 1. The van der Waals surface area contributed by atoms with Gasteiger partial charge in [-0.2, -0.15) is 0 Å². The Balaban J connectivity index is 1.94. The molecule has 0 aliphatic rings. The fraction of sp³-hybridized carbons (Fsp3) is 0.375. The first-order valence-electron chi connectivity index (χ1n) is 7.08. The fourth-order valence-electron chi connectivity index (χ4n) is 2.09. The third-order valence-electron chi connectivity index (χ3n) is 3.38. The second-order valence-corrected chi connectivity index (χ2v) is 5.13. The number of benzene rings is 1. The van der Waals surface area contributed by atoms with Crippen LogP contribution >= 0.6 is 0 Å². The topological polar surface area (TPSA) is 53.7 Å². The zero-order chi connectivity index (χ0) is 16.1. The standard InChI is InChI=1S/C16H21FN4O/c1-11-12(2)22-15(20-11)9-19-16(18-3)21(4)10-13-5-7-14(17)8-6-13/h5-8H,9-10H2,1-4H3,(H,18,19). The zero-order valence-electron chi connectivity index (χ0n) is 13.4. The molecule has 6 heteroatoms. The van der Waals surface area contributed by atoms with Gasteiger partial charge in [-0.25, -0.2) is 9.37 Å². The summed E-state index contributed by atoms with van der Waals surface area (Å²) in [5.74, 6) is 1.94. The van der Waals surface area contributed by atoms with Crippen molar-refractivity contribution < 1.29 is 8.81 Å². The van der Waals surface area contributed by atoms with Crippen LogP contribution in [0.1, 0.15) is 22.9 Å². The number of halogens is 1. The van der Waals surface area contributed by atoms with E-state index in [1.807, 2.05) is 25.8 Å². The molecule has 0 aliphatic heterocycles. The Morgan fingerprint density at radius 1 is 1.32 bits per heavy atom. The maximum absolute atomic E-state index is 12.9. The lowest BCUT2D eigenvalue weighted by molar-refractivity contribution is 0.442. The van der Waals surface area contributed by atoms with Crippen LogP contribution in [-0.2, 0) is 13.1 Å². The summed E-state index contributed by atoms with van der Waals surface area (Å²) in [4.78, 5) is 10.5. The summed E-state index contributed by atoms with van der Waals surface area (Å²) >= 11 is 0. The first kappa shape index (κ1) is 16.0. The molecular weight excluding hydrogens is 283 g/mol. The van der Waals surface area contributed by atoms with Gasteiger partial charge in [-0.1, -0.05) is 12.1 Å². The summed E-state index contributed by atoms with van der Waals surface area (Å²) in [5.41, 5.74) is 1.90. The summed E-state index contributed by atoms with van der Waals surface area (Å²) in [6.45, 7) is 4.90. The average Bonchev–Trinajstić information content (AvgIpc) is 2.81. The number of nitrogens with zero attached hydrogens (tertiary/aromatic N) is 3. The predicted octanol–water partition coefficient (Wildman–Crippen LogP) is 2.64. The molecule has 2 aromatic rings. The van der Waals surface area contributed by atoms with E-state index < -0.39 is 0 Å². The quantitative estimate of drug-likeness (QED) is 0.697. The number of nitrogens with one attached hydrogen (secondary N) is 1. The number of aliphatic imine (C=N–C) groups is 1. The Morgan fingerprint density at radius 2 is 2.00 bits per heavy atom. The van der Waals surface area contributed by atoms with Gasteiger partial charge in [-0.15, -0.1) is 0 Å². The molecule has 1 N–H and O–H groups in total. The average molecular weight is 304 g/mol. The third kappa shape index (κ3) is 4.07. The number of aromatic nitrogens is 1. The second-order valence-electron chi connectivity index (χ2n) is 5.13. The smallest absolute Gasteiger partial charge is 0.214 e. The van der Waals surface area contributed by atoms with Crippen LogP contribution in [0.3, 0.4) is 0 Å². The van der Waals surface area contributed by atoms with Crippen LogP contribution < -0.4 is 5.32 Å². The molecule has 0 radical (unpaired) electrons. The van der Waals surface area contributed by atoms with Gasteiger partial charge >= 0.3 is 0 Å². The van der Waals surface area contributed by atoms with Gasteiger partial charge in [0.25, 0.3) is 0 Å². The highest BCUT2D eigenvalue weighted by atomic mass is 19.1. The molecule has 0 saturated heterocycles. The lowest BCUT2D eigenvalue weighted by atomic mass is 10.2. The molecule has 0 fully saturated rings. The number of guanidine groups is 1. The van der Waals surface area contributed by atoms with Gasteiger partial charge in [-0.05, 0) is 31.5 Å². The van der Waals surface area contributed by atoms with Gasteiger partial charge in [0, 0.05) is 20.6 Å². The summed E-state index contributed by atoms with van der Waals surface area (Å²) in [6.07, 6.45) is 0. The SMILES string of the molecule is CN=C(NCc1nc(C)c(C)o1)N(C)Cc1ccc(F)cc1. The number of hydrogen-bond acceptors (Lipinski definition) is 3. The monoisotopic (exact) mass is 304 g/mol. The van der Waals surface area contributed by atoms with Crippen LogP contribution in [0, 0.1) is 19.7 Å². The molecule has 22 heavy (non-hydrogen) atoms. The van der Waals surface area contributed by atoms with Gasteiger partial charge in [-0.3, -0.25) is 4.99 Å². The van der Waals surface area contributed by atoms with E-state index in [9.17, 15) is 4.39 Å². The Hall–Kier alpha value is -2.37. The minimum atomic E-state index is -0.233. The molecule has 0 spiro atoms. The minimum Gasteiger partial charge on any atom is -0.444 e. The van der Waals surface area contributed by atoms with Gasteiger partial charge in [0.05, 0.1) is 12.2 Å². The molecule has 0 atom stereocenters. The summed E-state index contributed by atoms with van der Waals surface area (Å²) in [6, 6.07) is 6.44. The van der Waals surface area contributed by atoms with Gasteiger partial charge < -0.3 is 14.6 Å². The van der Waals surface area contributed by atoms with Gasteiger partial charge in [0.2, 0.25) is 5.89 Å². The number of aryl methyl sites for hydroxylation is 2. The molecule has 1 aromatic heterocycles. The maximum Gasteiger partial charge on any atom is 0.214 e. The molecule has 118 valence electrons. The van der Waals surface area contributed by atoms with Crippen LogP contribution in [0.2, 0.25) is 0 Å². The van der Waals surface area contributed by atoms with Gasteiger partial charge in [0.1, 0.15) is 11.6 Å². The molecule has 0 amide bonds. The second kappa shape index (κ2) is 7.06. The molecule has 0 bridgehead atoms. The van der Waals surface area contributed by atoms with Gasteiger partial charge in [0.15, 0.2) is 5.96 Å². The maximum atomic E-state index is 12.9. The van der Waals surface area contributed by atoms with Crippen LogP contribution in [-0.4, -0.2) is 29.9 Å². The number of oxazole rings is 1. The van der Waals surface area contributed by atoms with Crippen LogP contribution in [0.25, 0.3) is 0 Å². The Bertz CT molecular complexity index is 629. The van der Waals surface area contributed by atoms with E-state index in [1.54, 1.807) is 19.2 Å². The summed E-state index contributed by atoms with van der Waals surface area (Å²) in [5, 5.41) is 3.20. The van der Waals surface area contributed by atoms with E-state index in [0.717, 1.165) is 23.0 Å². The molecule has 0 saturated carbocycles. The fourth-order valence-corrected chi connectivity index (χ4v) is 2.09. The van der Waals surface area contributed by atoms with Crippen molar-refractivity contribution in [1.82, 2.24) is 15.2 Å². The van der Waals surface area contributed by atoms with Crippen LogP contribution in [0.15, 0.2) is 33.7 Å². The zero-order valence-corrected chi connectivity index (χ0v) is 13.4. The van der Waals surface area contributed by atoms with Crippen molar-refractivity contribution in [3.8, 4) is 0 Å². The first-order valence-corrected chi connectivity index (χ1v) is 7.08. The van der Waals surface area contributed by atoms with E-state index in [-0.39, 0.29) is 5.82 Å². The normalized spacial score (nSPS) is 11.6. The molecule has 2 rings (SSSR count). The molecule has 5 nitrogen and oxygen atoms in total. The highest BCUT2D eigenvalue weighted by molar-refractivity contribution is 5.79. The number of rotatable bonds is 4. The lowest BCUT2D eigenvalue weighted by Crippen LogP contribution is -2.38. The van der Waals surface area contributed by atoms with Crippen LogP contribution in [0.4, 0.5) is 4.39 Å². The highest BCUT2D eigenvalue weighted by Gasteiger charge is 2.10. The third-order valence-corrected chi connectivity index (χ3v) is 3.38. The predicted molar refractivity (Wildman–Crippen MR) is 84.0 cm³/mol. The van der Waals surface area contributed by atoms with E-state index in [1.165, 1.54) is 12.1 Å². The van der Waals surface area contributed by atoms with Crippen LogP contribution in [0.5, 0.6) is 0 Å². The summed E-state index contributed by atoms with van der Waals surface area (Å²) in [7, 11) is 3.64. The highest BCUT2D eigenvalue weighted by Crippen LogP contribution is 2.09. The molecule has 0 unspecified atom stereocenters. The van der Waals surface area contributed by atoms with Crippen molar-refractivity contribution in [2.24, 2.45) is 4.99 Å². The molecule has 0 aliphatic carbocycles. The Morgan fingerprint density at radius 3 is 2.55 bits per heavy atom. The van der Waals surface area contributed by atoms with Crippen molar-refractivity contribution in [2.75, 3.05) is 14.1 Å². The lowest BCUT2D eigenvalue weighted by Gasteiger charge is -2.21. The molecular formula is C16H21FN4O. The van der Waals surface area contributed by atoms with E-state index in [0.29, 0.717) is 19.0 Å². The Labute approximate surface area is 129 Å². The van der Waals surface area contributed by atoms with Crippen molar-refractivity contribution in [3.63, 3.8) is 0 Å². The Kier molecular flexibility index (Phi) is 5.14. The van der Waals surface area contributed by atoms with Crippen molar-refractivity contribution >= 4 is 5.96 Å². The first-order chi connectivity index (χ1) is 10.5. The molecule has 1 aromatic carbocycles. The van der Waals surface area contributed by atoms with Crippen molar-refractivity contribution in [3.05, 3.63) is 53.0 Å². The van der Waals surface area contributed by atoms with Crippen molar-refractivity contribution in [2.45, 2.75) is 26.9 Å². The van der Waals surface area contributed by atoms with E-state index >= 15 is 0 Å². The molecule has 1 heterocycles. The van der Waals surface area contributed by atoms with Crippen molar-refractivity contribution in [1.29, 1.82) is 0 Å².